The highest BCUT2D eigenvalue weighted by atomic mass is 16.4. The van der Waals surface area contributed by atoms with Gasteiger partial charge in [-0.15, -0.1) is 0 Å². The largest absolute Gasteiger partial charge is 0.479 e. The van der Waals surface area contributed by atoms with Gasteiger partial charge in [0.05, 0.1) is 0 Å². The number of aliphatic hydroxyl groups excluding tert-OH is 1. The van der Waals surface area contributed by atoms with Crippen molar-refractivity contribution in [1.29, 1.82) is 0 Å². The molecule has 70 valence electrons. The number of carbonyl (C=O) groups is 2. The normalized spacial score (nSPS) is 13.9. The highest BCUT2D eigenvalue weighted by molar-refractivity contribution is 5.79. The number of aliphatic carboxylic acids is 2. The molecule has 0 rings (SSSR count). The SMILES string of the molecule is NC(N)(CC(O)C(=O)O)C(=O)O. The molecule has 0 radical (unpaired) electrons. The van der Waals surface area contributed by atoms with Crippen molar-refractivity contribution < 1.29 is 24.9 Å². The monoisotopic (exact) mass is 178 g/mol. The Morgan fingerprint density at radius 2 is 1.75 bits per heavy atom. The predicted octanol–water partition coefficient (Wildman–Crippen LogP) is -2.48. The van der Waals surface area contributed by atoms with E-state index < -0.39 is 30.1 Å². The molecule has 0 aliphatic heterocycles. The molecular formula is C5H10N2O5. The van der Waals surface area contributed by atoms with E-state index in [4.69, 9.17) is 26.8 Å². The van der Waals surface area contributed by atoms with E-state index >= 15 is 0 Å². The van der Waals surface area contributed by atoms with Crippen LogP contribution in [0.5, 0.6) is 0 Å². The number of carboxylic acids is 2. The number of aliphatic hydroxyl groups is 1. The maximum absolute atomic E-state index is 10.2. The fraction of sp³-hybridized carbons (Fsp3) is 0.600. The van der Waals surface area contributed by atoms with Crippen molar-refractivity contribution in [2.45, 2.75) is 18.2 Å². The molecule has 0 aromatic carbocycles. The molecule has 0 spiro atoms. The van der Waals surface area contributed by atoms with Crippen LogP contribution in [0.25, 0.3) is 0 Å². The lowest BCUT2D eigenvalue weighted by Crippen LogP contribution is -2.58. The molecule has 0 aromatic heterocycles. The van der Waals surface area contributed by atoms with Crippen molar-refractivity contribution in [1.82, 2.24) is 0 Å². The summed E-state index contributed by atoms with van der Waals surface area (Å²) >= 11 is 0. The van der Waals surface area contributed by atoms with Gasteiger partial charge in [-0.2, -0.15) is 0 Å². The average molecular weight is 178 g/mol. The second kappa shape index (κ2) is 3.48. The fourth-order valence-electron chi connectivity index (χ4n) is 0.495. The average Bonchev–Trinajstić information content (AvgIpc) is 1.85. The molecule has 12 heavy (non-hydrogen) atoms. The lowest BCUT2D eigenvalue weighted by Gasteiger charge is -2.20. The molecule has 0 aliphatic rings. The van der Waals surface area contributed by atoms with Crippen molar-refractivity contribution >= 4 is 11.9 Å². The van der Waals surface area contributed by atoms with Crippen LogP contribution in [0.4, 0.5) is 0 Å². The molecule has 0 aromatic rings. The highest BCUT2D eigenvalue weighted by Gasteiger charge is 2.34. The summed E-state index contributed by atoms with van der Waals surface area (Å²) in [6, 6.07) is 0. The zero-order chi connectivity index (χ0) is 9.94. The van der Waals surface area contributed by atoms with Crippen LogP contribution in [-0.4, -0.2) is 39.0 Å². The van der Waals surface area contributed by atoms with Crippen LogP contribution in [0.2, 0.25) is 0 Å². The third-order valence-corrected chi connectivity index (χ3v) is 1.21. The summed E-state index contributed by atoms with van der Waals surface area (Å²) in [6.45, 7) is 0. The Balaban J connectivity index is 4.24. The van der Waals surface area contributed by atoms with Gasteiger partial charge in [0.1, 0.15) is 0 Å². The Bertz CT molecular complexity index is 202. The maximum Gasteiger partial charge on any atom is 0.338 e. The number of nitrogens with two attached hydrogens (primary N) is 2. The fourth-order valence-corrected chi connectivity index (χ4v) is 0.495. The second-order valence-electron chi connectivity index (χ2n) is 2.40. The van der Waals surface area contributed by atoms with Crippen LogP contribution in [0.15, 0.2) is 0 Å². The Kier molecular flexibility index (Phi) is 3.14. The quantitative estimate of drug-likeness (QED) is 0.299. The van der Waals surface area contributed by atoms with Crippen LogP contribution < -0.4 is 11.5 Å². The first-order chi connectivity index (χ1) is 5.27. The molecule has 7 nitrogen and oxygen atoms in total. The molecule has 0 saturated heterocycles. The molecule has 0 heterocycles. The Labute approximate surface area is 67.6 Å². The molecule has 0 amide bonds. The van der Waals surface area contributed by atoms with Gasteiger partial charge in [-0.1, -0.05) is 0 Å². The van der Waals surface area contributed by atoms with Gasteiger partial charge in [-0.3, -0.25) is 0 Å². The third-order valence-electron chi connectivity index (χ3n) is 1.21. The summed E-state index contributed by atoms with van der Waals surface area (Å²) in [6.07, 6.45) is -2.60. The van der Waals surface area contributed by atoms with E-state index in [1.807, 2.05) is 0 Å². The summed E-state index contributed by atoms with van der Waals surface area (Å²) in [4.78, 5) is 20.3. The Hall–Kier alpha value is -1.18. The van der Waals surface area contributed by atoms with E-state index in [-0.39, 0.29) is 0 Å². The molecule has 7 N–H and O–H groups in total. The van der Waals surface area contributed by atoms with E-state index in [0.29, 0.717) is 0 Å². The minimum absolute atomic E-state index is 0.738. The minimum atomic E-state index is -2.21. The molecule has 7 heteroatoms. The number of carboxylic acid groups (broad SMARTS) is 2. The predicted molar refractivity (Wildman–Crippen MR) is 37.0 cm³/mol. The van der Waals surface area contributed by atoms with Crippen LogP contribution in [-0.2, 0) is 9.59 Å². The van der Waals surface area contributed by atoms with E-state index in [1.165, 1.54) is 0 Å². The zero-order valence-electron chi connectivity index (χ0n) is 6.10. The summed E-state index contributed by atoms with van der Waals surface area (Å²) in [7, 11) is 0. The van der Waals surface area contributed by atoms with Crippen LogP contribution in [0, 0.1) is 0 Å². The van der Waals surface area contributed by atoms with Crippen molar-refractivity contribution in [2.24, 2.45) is 11.5 Å². The van der Waals surface area contributed by atoms with Crippen LogP contribution in [0.1, 0.15) is 6.42 Å². The van der Waals surface area contributed by atoms with Crippen molar-refractivity contribution in [3.05, 3.63) is 0 Å². The smallest absolute Gasteiger partial charge is 0.338 e. The molecule has 0 fully saturated rings. The summed E-state index contributed by atoms with van der Waals surface area (Å²) in [5.74, 6) is -3.13. The lowest BCUT2D eigenvalue weighted by molar-refractivity contribution is -0.151. The number of hydrogen-bond donors (Lipinski definition) is 5. The summed E-state index contributed by atoms with van der Waals surface area (Å²) in [5, 5.41) is 25.2. The second-order valence-corrected chi connectivity index (χ2v) is 2.40. The van der Waals surface area contributed by atoms with Crippen LogP contribution >= 0.6 is 0 Å². The first kappa shape index (κ1) is 10.8. The van der Waals surface area contributed by atoms with Crippen LogP contribution in [0.3, 0.4) is 0 Å². The first-order valence-corrected chi connectivity index (χ1v) is 2.99. The summed E-state index contributed by atoms with van der Waals surface area (Å²) < 4.78 is 0. The van der Waals surface area contributed by atoms with E-state index in [1.54, 1.807) is 0 Å². The van der Waals surface area contributed by atoms with Crippen molar-refractivity contribution in [2.75, 3.05) is 0 Å². The molecule has 1 atom stereocenters. The van der Waals surface area contributed by atoms with Gasteiger partial charge in [0.2, 0.25) is 0 Å². The van der Waals surface area contributed by atoms with Crippen molar-refractivity contribution in [3.8, 4) is 0 Å². The first-order valence-electron chi connectivity index (χ1n) is 2.99. The Morgan fingerprint density at radius 1 is 1.33 bits per heavy atom. The third kappa shape index (κ3) is 2.82. The number of rotatable bonds is 4. The van der Waals surface area contributed by atoms with E-state index in [0.717, 1.165) is 0 Å². The van der Waals surface area contributed by atoms with Gasteiger partial charge in [-0.05, 0) is 0 Å². The topological polar surface area (TPSA) is 147 Å². The standard InChI is InChI=1S/C5H10N2O5/c6-5(7,4(11)12)1-2(8)3(9)10/h2,8H,1,6-7H2,(H,9,10)(H,11,12). The van der Waals surface area contributed by atoms with Gasteiger partial charge >= 0.3 is 11.9 Å². The highest BCUT2D eigenvalue weighted by Crippen LogP contribution is 2.03. The molecular weight excluding hydrogens is 168 g/mol. The minimum Gasteiger partial charge on any atom is -0.479 e. The van der Waals surface area contributed by atoms with Gasteiger partial charge in [0, 0.05) is 6.42 Å². The van der Waals surface area contributed by atoms with E-state index in [2.05, 4.69) is 0 Å². The molecule has 0 saturated carbocycles. The van der Waals surface area contributed by atoms with Gasteiger partial charge in [-0.25, -0.2) is 9.59 Å². The maximum atomic E-state index is 10.2. The molecule has 0 aliphatic carbocycles. The zero-order valence-corrected chi connectivity index (χ0v) is 6.10. The van der Waals surface area contributed by atoms with Gasteiger partial charge < -0.3 is 26.8 Å². The number of hydrogen-bond acceptors (Lipinski definition) is 5. The van der Waals surface area contributed by atoms with E-state index in [9.17, 15) is 9.59 Å². The van der Waals surface area contributed by atoms with Gasteiger partial charge in [0.25, 0.3) is 0 Å². The van der Waals surface area contributed by atoms with Gasteiger partial charge in [0.15, 0.2) is 11.8 Å². The summed E-state index contributed by atoms with van der Waals surface area (Å²) in [5.41, 5.74) is 7.70. The molecule has 1 unspecified atom stereocenters. The van der Waals surface area contributed by atoms with Crippen molar-refractivity contribution in [3.63, 3.8) is 0 Å². The Morgan fingerprint density at radius 3 is 2.00 bits per heavy atom. The molecule has 0 bridgehead atoms. The lowest BCUT2D eigenvalue weighted by atomic mass is 10.0.